The maximum absolute atomic E-state index is 13.3. The van der Waals surface area contributed by atoms with Gasteiger partial charge in [0.05, 0.1) is 11.9 Å². The first kappa shape index (κ1) is 23.2. The number of fused-ring (bicyclic) bond motifs is 2. The third-order valence-electron chi connectivity index (χ3n) is 6.13. The van der Waals surface area contributed by atoms with Gasteiger partial charge in [-0.2, -0.15) is 0 Å². The van der Waals surface area contributed by atoms with Crippen LogP contribution in [0, 0.1) is 6.92 Å². The molecule has 0 bridgehead atoms. The molecule has 0 saturated heterocycles. The van der Waals surface area contributed by atoms with Crippen LogP contribution >= 0.6 is 0 Å². The zero-order valence-electron chi connectivity index (χ0n) is 19.8. The lowest BCUT2D eigenvalue weighted by atomic mass is 10.1. The molecule has 0 unspecified atom stereocenters. The van der Waals surface area contributed by atoms with Crippen molar-refractivity contribution >= 4 is 33.6 Å². The van der Waals surface area contributed by atoms with E-state index < -0.39 is 5.97 Å². The molecule has 0 aliphatic heterocycles. The van der Waals surface area contributed by atoms with Crippen molar-refractivity contribution < 1.29 is 24.2 Å². The Kier molecular flexibility index (Phi) is 6.41. The normalized spacial score (nSPS) is 11.0. The Hall–Kier alpha value is -4.58. The summed E-state index contributed by atoms with van der Waals surface area (Å²) in [7, 11) is 0. The number of nitrogens with zero attached hydrogens (tertiary/aromatic N) is 1. The highest BCUT2D eigenvalue weighted by atomic mass is 16.5. The molecule has 0 aliphatic rings. The summed E-state index contributed by atoms with van der Waals surface area (Å²) in [6.07, 6.45) is -0.0920. The second kappa shape index (κ2) is 9.96. The van der Waals surface area contributed by atoms with Gasteiger partial charge in [-0.1, -0.05) is 48.5 Å². The molecule has 0 radical (unpaired) electrons. The van der Waals surface area contributed by atoms with Crippen molar-refractivity contribution in [1.82, 2.24) is 4.57 Å². The van der Waals surface area contributed by atoms with E-state index >= 15 is 0 Å². The number of benzene rings is 4. The number of hydrogen-bond donors (Lipinski definition) is 1. The molecule has 0 aliphatic carbocycles. The quantitative estimate of drug-likeness (QED) is 0.281. The Morgan fingerprint density at radius 3 is 2.33 bits per heavy atom. The van der Waals surface area contributed by atoms with E-state index in [9.17, 15) is 14.7 Å². The van der Waals surface area contributed by atoms with Crippen molar-refractivity contribution in [3.8, 4) is 11.5 Å². The largest absolute Gasteiger partial charge is 0.490 e. The monoisotopic (exact) mass is 479 g/mol. The highest BCUT2D eigenvalue weighted by molar-refractivity contribution is 6.04. The van der Waals surface area contributed by atoms with Crippen LogP contribution in [-0.2, 0) is 11.2 Å². The van der Waals surface area contributed by atoms with E-state index in [1.807, 2.05) is 49.4 Å². The fourth-order valence-corrected chi connectivity index (χ4v) is 4.47. The minimum Gasteiger partial charge on any atom is -0.490 e. The van der Waals surface area contributed by atoms with Gasteiger partial charge in [-0.15, -0.1) is 0 Å². The number of carboxylic acids is 1. The fraction of sp³-hybridized carbons (Fsp3) is 0.133. The van der Waals surface area contributed by atoms with Gasteiger partial charge in [0.15, 0.2) is 0 Å². The first-order valence-corrected chi connectivity index (χ1v) is 11.7. The summed E-state index contributed by atoms with van der Waals surface area (Å²) in [5, 5.41) is 12.2. The predicted octanol–water partition coefficient (Wildman–Crippen LogP) is 5.88. The van der Waals surface area contributed by atoms with Gasteiger partial charge in [-0.05, 0) is 60.3 Å². The first-order chi connectivity index (χ1) is 17.5. The summed E-state index contributed by atoms with van der Waals surface area (Å²) in [6, 6.07) is 28.3. The number of aryl methyl sites for hydroxylation is 1. The zero-order chi connectivity index (χ0) is 25.1. The minimum atomic E-state index is -0.905. The molecular weight excluding hydrogens is 454 g/mol. The summed E-state index contributed by atoms with van der Waals surface area (Å²) >= 11 is 0. The van der Waals surface area contributed by atoms with Crippen molar-refractivity contribution in [2.75, 3.05) is 13.2 Å². The van der Waals surface area contributed by atoms with E-state index in [1.165, 1.54) is 0 Å². The Balaban J connectivity index is 1.25. The van der Waals surface area contributed by atoms with Crippen LogP contribution in [0.15, 0.2) is 91.0 Å². The van der Waals surface area contributed by atoms with Gasteiger partial charge in [0, 0.05) is 22.0 Å². The average Bonchev–Trinajstić information content (AvgIpc) is 3.23. The molecule has 4 aromatic carbocycles. The van der Waals surface area contributed by atoms with Crippen LogP contribution in [-0.4, -0.2) is 34.8 Å². The van der Waals surface area contributed by atoms with Crippen LogP contribution in [0.25, 0.3) is 21.7 Å². The van der Waals surface area contributed by atoms with Gasteiger partial charge in [-0.25, -0.2) is 0 Å². The number of hydrogen-bond acceptors (Lipinski definition) is 4. The fourth-order valence-electron chi connectivity index (χ4n) is 4.47. The molecule has 0 fully saturated rings. The van der Waals surface area contributed by atoms with Gasteiger partial charge >= 0.3 is 5.97 Å². The summed E-state index contributed by atoms with van der Waals surface area (Å²) in [6.45, 7) is 2.60. The molecule has 0 spiro atoms. The van der Waals surface area contributed by atoms with E-state index in [0.717, 1.165) is 27.6 Å². The topological polar surface area (TPSA) is 77.8 Å². The second-order valence-electron chi connectivity index (χ2n) is 8.55. The second-order valence-corrected chi connectivity index (χ2v) is 8.55. The van der Waals surface area contributed by atoms with E-state index in [-0.39, 0.29) is 12.3 Å². The standard InChI is InChI=1S/C30H25NO5/c1-20-18-26-23(19-29(32)33)8-4-10-27(26)31(20)30(34)22-12-14-24(15-13-22)35-16-17-36-28-11-5-7-21-6-2-3-9-25(21)28/h2-15,18H,16-17,19H2,1H3,(H,32,33). The van der Waals surface area contributed by atoms with Gasteiger partial charge in [0.1, 0.15) is 24.7 Å². The molecule has 1 N–H and O–H groups in total. The third-order valence-corrected chi connectivity index (χ3v) is 6.13. The predicted molar refractivity (Wildman–Crippen MR) is 139 cm³/mol. The van der Waals surface area contributed by atoms with Crippen molar-refractivity contribution in [2.24, 2.45) is 0 Å². The summed E-state index contributed by atoms with van der Waals surface area (Å²) < 4.78 is 13.4. The SMILES string of the molecule is Cc1cc2c(CC(=O)O)cccc2n1C(=O)c1ccc(OCCOc2cccc3ccccc23)cc1. The molecule has 1 heterocycles. The van der Waals surface area contributed by atoms with Gasteiger partial charge in [0.2, 0.25) is 0 Å². The maximum atomic E-state index is 13.3. The van der Waals surface area contributed by atoms with Crippen LogP contribution in [0.2, 0.25) is 0 Å². The van der Waals surface area contributed by atoms with Gasteiger partial charge in [-0.3, -0.25) is 14.2 Å². The molecule has 0 atom stereocenters. The lowest BCUT2D eigenvalue weighted by Crippen LogP contribution is -2.13. The molecule has 6 heteroatoms. The highest BCUT2D eigenvalue weighted by Crippen LogP contribution is 2.26. The smallest absolute Gasteiger partial charge is 0.307 e. The molecule has 5 rings (SSSR count). The first-order valence-electron chi connectivity index (χ1n) is 11.7. The molecular formula is C30H25NO5. The van der Waals surface area contributed by atoms with Crippen LogP contribution in [0.5, 0.6) is 11.5 Å². The third kappa shape index (κ3) is 4.66. The Bertz CT molecular complexity index is 1560. The summed E-state index contributed by atoms with van der Waals surface area (Å²) in [5.74, 6) is 0.377. The number of carboxylic acid groups (broad SMARTS) is 1. The Morgan fingerprint density at radius 1 is 0.806 bits per heavy atom. The number of aliphatic carboxylic acids is 1. The van der Waals surface area contributed by atoms with E-state index in [0.29, 0.717) is 35.6 Å². The average molecular weight is 480 g/mol. The van der Waals surface area contributed by atoms with Crippen molar-refractivity contribution in [3.63, 3.8) is 0 Å². The number of carbonyl (C=O) groups excluding carboxylic acids is 1. The number of rotatable bonds is 8. The number of ether oxygens (including phenoxy) is 2. The molecule has 5 aromatic rings. The molecule has 1 aromatic heterocycles. The zero-order valence-corrected chi connectivity index (χ0v) is 19.8. The van der Waals surface area contributed by atoms with Crippen LogP contribution in [0.3, 0.4) is 0 Å². The van der Waals surface area contributed by atoms with Gasteiger partial charge in [0.25, 0.3) is 5.91 Å². The van der Waals surface area contributed by atoms with Crippen LogP contribution in [0.4, 0.5) is 0 Å². The number of aromatic nitrogens is 1. The van der Waals surface area contributed by atoms with Crippen molar-refractivity contribution in [1.29, 1.82) is 0 Å². The summed E-state index contributed by atoms with van der Waals surface area (Å²) in [5.41, 5.74) is 2.64. The molecule has 180 valence electrons. The van der Waals surface area contributed by atoms with Crippen LogP contribution in [0.1, 0.15) is 21.6 Å². The highest BCUT2D eigenvalue weighted by Gasteiger charge is 2.17. The molecule has 36 heavy (non-hydrogen) atoms. The molecule has 0 saturated carbocycles. The minimum absolute atomic E-state index is 0.0920. The lowest BCUT2D eigenvalue weighted by molar-refractivity contribution is -0.136. The van der Waals surface area contributed by atoms with Crippen LogP contribution < -0.4 is 9.47 Å². The maximum Gasteiger partial charge on any atom is 0.307 e. The van der Waals surface area contributed by atoms with Crippen molar-refractivity contribution in [3.05, 3.63) is 108 Å². The number of carbonyl (C=O) groups is 2. The Labute approximate surface area is 208 Å². The Morgan fingerprint density at radius 2 is 1.53 bits per heavy atom. The lowest BCUT2D eigenvalue weighted by Gasteiger charge is -2.11. The van der Waals surface area contributed by atoms with E-state index in [2.05, 4.69) is 12.1 Å². The van der Waals surface area contributed by atoms with E-state index in [1.54, 1.807) is 41.0 Å². The van der Waals surface area contributed by atoms with E-state index in [4.69, 9.17) is 9.47 Å². The molecule has 6 nitrogen and oxygen atoms in total. The van der Waals surface area contributed by atoms with Gasteiger partial charge < -0.3 is 14.6 Å². The molecule has 0 amide bonds. The summed E-state index contributed by atoms with van der Waals surface area (Å²) in [4.78, 5) is 24.5. The van der Waals surface area contributed by atoms with Crippen molar-refractivity contribution in [2.45, 2.75) is 13.3 Å².